The van der Waals surface area contributed by atoms with E-state index in [0.717, 1.165) is 90.4 Å². The van der Waals surface area contributed by atoms with Crippen molar-refractivity contribution >= 4 is 101 Å². The summed E-state index contributed by atoms with van der Waals surface area (Å²) in [5, 5.41) is 34.3. The van der Waals surface area contributed by atoms with Gasteiger partial charge in [0.15, 0.2) is 17.5 Å². The number of carbonyl (C=O) groups excluding carboxylic acids is 3. The molecule has 3 aromatic carbocycles. The van der Waals surface area contributed by atoms with Crippen LogP contribution in [0.1, 0.15) is 107 Å². The molecular formula is C65H98N14O10. The van der Waals surface area contributed by atoms with Crippen molar-refractivity contribution < 1.29 is 48.7 Å². The topological polar surface area (TPSA) is 334 Å². The molecule has 24 nitrogen and oxygen atoms in total. The Balaban J connectivity index is 0.000000292. The van der Waals surface area contributed by atoms with E-state index in [4.69, 9.17) is 41.5 Å². The molecule has 1 saturated heterocycles. The third-order valence-electron chi connectivity index (χ3n) is 14.1. The average molecular weight is 1240 g/mol. The molecule has 0 bridgehead atoms. The number of nitrogens with two attached hydrogens (primary N) is 3. The number of aliphatic hydroxyl groups excluding tert-OH is 3. The van der Waals surface area contributed by atoms with Crippen LogP contribution in [0, 0.1) is 0 Å². The lowest BCUT2D eigenvalue weighted by Crippen LogP contribution is -2.61. The second kappa shape index (κ2) is 34.8. The SMILES string of the molecule is CC.CC.CC.CNCc1nc2c(N)nc3ccccc3c2n1C.COC(=O)C(=O)CC(C)=O.COC(C)(C)Cn1c(C(C)(C)C)nc2c(N)nc3ccccc3c21.COCc1nc2c(N)nc3ccccc3c2n1C.CO[C@H]1[C@H](O)[C@@H](O)CN(C)[C@@H]1CO. The number of rotatable bonds is 12. The molecule has 10 rings (SSSR count). The number of benzene rings is 3. The molecule has 1 fully saturated rings. The number of methoxy groups -OCH3 is 4. The van der Waals surface area contributed by atoms with E-state index in [2.05, 4.69) is 90.9 Å². The number of ketones is 2. The molecule has 0 amide bonds. The predicted molar refractivity (Wildman–Crippen MR) is 356 cm³/mol. The number of fused-ring (bicyclic) bond motifs is 9. The quantitative estimate of drug-likeness (QED) is 0.0346. The van der Waals surface area contributed by atoms with Crippen LogP contribution < -0.4 is 22.5 Å². The maximum atomic E-state index is 10.5. The monoisotopic (exact) mass is 1230 g/mol. The van der Waals surface area contributed by atoms with Gasteiger partial charge < -0.3 is 70.5 Å². The number of anilines is 3. The van der Waals surface area contributed by atoms with Crippen molar-refractivity contribution in [1.82, 2.24) is 53.8 Å². The third kappa shape index (κ3) is 18.4. The van der Waals surface area contributed by atoms with E-state index in [1.54, 1.807) is 26.2 Å². The van der Waals surface area contributed by atoms with Gasteiger partial charge in [0.1, 0.15) is 58.6 Å². The van der Waals surface area contributed by atoms with Crippen molar-refractivity contribution in [1.29, 1.82) is 0 Å². The Morgan fingerprint density at radius 3 is 1.47 bits per heavy atom. The van der Waals surface area contributed by atoms with Crippen molar-refractivity contribution in [2.45, 2.75) is 145 Å². The number of imidazole rings is 3. The predicted octanol–water partition coefficient (Wildman–Crippen LogP) is 7.98. The van der Waals surface area contributed by atoms with Gasteiger partial charge >= 0.3 is 5.97 Å². The van der Waals surface area contributed by atoms with E-state index in [9.17, 15) is 24.6 Å². The van der Waals surface area contributed by atoms with Gasteiger partial charge in [0, 0.05) is 63.5 Å². The molecule has 7 heterocycles. The van der Waals surface area contributed by atoms with Crippen LogP contribution in [0.4, 0.5) is 17.5 Å². The maximum Gasteiger partial charge on any atom is 0.374 e. The van der Waals surface area contributed by atoms with E-state index in [-0.39, 0.29) is 35.9 Å². The molecule has 0 unspecified atom stereocenters. The fourth-order valence-electron chi connectivity index (χ4n) is 9.76. The molecule has 488 valence electrons. The lowest BCUT2D eigenvalue weighted by molar-refractivity contribution is -0.152. The smallest absolute Gasteiger partial charge is 0.374 e. The lowest BCUT2D eigenvalue weighted by Gasteiger charge is -2.42. The first kappa shape index (κ1) is 75.4. The number of hydrogen-bond acceptors (Lipinski definition) is 21. The van der Waals surface area contributed by atoms with Gasteiger partial charge in [-0.3, -0.25) is 14.5 Å². The number of likely N-dealkylation sites (tertiary alicyclic amines) is 1. The van der Waals surface area contributed by atoms with E-state index < -0.39 is 30.1 Å². The summed E-state index contributed by atoms with van der Waals surface area (Å²) in [5.41, 5.74) is 25.8. The van der Waals surface area contributed by atoms with Gasteiger partial charge in [-0.25, -0.2) is 34.7 Å². The molecule has 1 aliphatic rings. The number of aromatic nitrogens is 9. The summed E-state index contributed by atoms with van der Waals surface area (Å²) in [6.45, 7) is 26.0. The van der Waals surface area contributed by atoms with Crippen LogP contribution in [-0.2, 0) is 72.5 Å². The van der Waals surface area contributed by atoms with Crippen molar-refractivity contribution in [3.05, 3.63) is 90.3 Å². The van der Waals surface area contributed by atoms with Crippen molar-refractivity contribution in [2.75, 3.05) is 72.9 Å². The Morgan fingerprint density at radius 2 is 1.08 bits per heavy atom. The number of ether oxygens (including phenoxy) is 4. The number of Topliss-reactive ketones (excluding diaryl/α,β-unsaturated/α-hetero) is 2. The second-order valence-electron chi connectivity index (χ2n) is 21.7. The first-order valence-corrected chi connectivity index (χ1v) is 29.8. The van der Waals surface area contributed by atoms with Crippen LogP contribution in [0.3, 0.4) is 0 Å². The Kier molecular flexibility index (Phi) is 29.5. The number of pyridine rings is 3. The molecule has 9 aromatic rings. The van der Waals surface area contributed by atoms with Gasteiger partial charge in [-0.1, -0.05) is 117 Å². The van der Waals surface area contributed by atoms with E-state index in [0.29, 0.717) is 43.7 Å². The number of aryl methyl sites for hydroxylation is 2. The Hall–Kier alpha value is -7.81. The molecule has 89 heavy (non-hydrogen) atoms. The first-order valence-electron chi connectivity index (χ1n) is 29.8. The number of nitrogens with one attached hydrogen (secondary N) is 1. The first-order chi connectivity index (χ1) is 42.3. The van der Waals surface area contributed by atoms with E-state index in [1.807, 2.05) is 128 Å². The highest BCUT2D eigenvalue weighted by Crippen LogP contribution is 2.35. The van der Waals surface area contributed by atoms with Crippen molar-refractivity contribution in [2.24, 2.45) is 14.1 Å². The lowest BCUT2D eigenvalue weighted by atomic mass is 9.95. The van der Waals surface area contributed by atoms with E-state index in [1.165, 1.54) is 14.0 Å². The molecule has 0 aliphatic carbocycles. The highest BCUT2D eigenvalue weighted by atomic mass is 16.5. The number of esters is 1. The summed E-state index contributed by atoms with van der Waals surface area (Å²) < 4.78 is 26.3. The minimum absolute atomic E-state index is 0.0845. The summed E-state index contributed by atoms with van der Waals surface area (Å²) in [6.07, 6.45) is -2.62. The van der Waals surface area contributed by atoms with Gasteiger partial charge in [0.25, 0.3) is 0 Å². The van der Waals surface area contributed by atoms with Crippen LogP contribution in [0.5, 0.6) is 0 Å². The van der Waals surface area contributed by atoms with Gasteiger partial charge in [-0.15, -0.1) is 0 Å². The maximum absolute atomic E-state index is 10.5. The summed E-state index contributed by atoms with van der Waals surface area (Å²) in [7, 11) is 13.6. The molecule has 0 saturated carbocycles. The highest BCUT2D eigenvalue weighted by Gasteiger charge is 2.40. The largest absolute Gasteiger partial charge is 0.463 e. The number of β-amino-alcohol motifs (C(OH)–C–C–N with tert-alkyl or cyclic N) is 1. The fourth-order valence-corrected chi connectivity index (χ4v) is 9.76. The third-order valence-corrected chi connectivity index (χ3v) is 14.1. The highest BCUT2D eigenvalue weighted by molar-refractivity contribution is 6.36. The van der Waals surface area contributed by atoms with Gasteiger partial charge in [0.05, 0.1) is 84.1 Å². The molecule has 0 radical (unpaired) electrons. The second-order valence-corrected chi connectivity index (χ2v) is 21.7. The Bertz CT molecular complexity index is 3610. The van der Waals surface area contributed by atoms with Crippen molar-refractivity contribution in [3.63, 3.8) is 0 Å². The zero-order valence-electron chi connectivity index (χ0n) is 55.9. The van der Waals surface area contributed by atoms with E-state index >= 15 is 0 Å². The number of hydrogen-bond donors (Lipinski definition) is 7. The molecule has 10 N–H and O–H groups in total. The fraction of sp³-hybridized carbons (Fsp3) is 0.492. The summed E-state index contributed by atoms with van der Waals surface area (Å²) >= 11 is 0. The summed E-state index contributed by atoms with van der Waals surface area (Å²) in [5.74, 6) is 2.12. The number of likely N-dealkylation sites (N-methyl/N-ethyl adjacent to an activating group) is 1. The molecular weight excluding hydrogens is 1140 g/mol. The van der Waals surface area contributed by atoms with Crippen molar-refractivity contribution in [3.8, 4) is 0 Å². The Labute approximate surface area is 523 Å². The standard InChI is InChI=1S/C19H26N4O.C13H15N5.C13H14N4O.C8H17NO4.C6H8O4.3C2H6/c1-18(2,3)17-22-14-15(23(17)11-19(4,5)24-6)12-9-7-8-10-13(12)21-16(14)20;1-15-7-10-17-11-12(18(10)2)8-5-3-4-6-9(8)16-13(11)14;1-17-10(7-18-2)16-11-12(17)8-5-3-4-6-9(8)15-13(11)14;1-9-3-6(11)7(12)8(13-2)5(9)4-10;1-4(7)3-5(8)6(9)10-2;3*1-2/h7-10H,11H2,1-6H3,(H2,20,21);3-6,15H,7H2,1-2H3,(H2,14,16);3-6H,7H2,1-2H3,(H2,14,15);5-8,10-12H,3-4H2,1-2H3;3H2,1-2H3;3*1-2H3/t;;;5-,6+,7-,8-;;;;/m...1..../s1. The zero-order valence-corrected chi connectivity index (χ0v) is 55.9. The molecule has 4 atom stereocenters. The zero-order chi connectivity index (χ0) is 67.2. The molecule has 6 aromatic heterocycles. The molecule has 1 aliphatic heterocycles. The normalized spacial score (nSPS) is 15.5. The average Bonchev–Trinajstić information content (AvgIpc) is 1.66. The number of nitrogen functional groups attached to an aromatic ring is 3. The number of nitrogens with zero attached hydrogens (tertiary/aromatic N) is 10. The summed E-state index contributed by atoms with van der Waals surface area (Å²) in [4.78, 5) is 60.1. The molecule has 0 spiro atoms. The van der Waals surface area contributed by atoms with Crippen LogP contribution in [0.25, 0.3) is 65.8 Å². The number of carbonyl (C=O) groups is 3. The number of piperidine rings is 1. The van der Waals surface area contributed by atoms with Crippen LogP contribution in [-0.4, -0.2) is 167 Å². The molecule has 24 heteroatoms. The van der Waals surface area contributed by atoms with Crippen LogP contribution in [0.2, 0.25) is 0 Å². The minimum Gasteiger partial charge on any atom is -0.463 e. The van der Waals surface area contributed by atoms with Gasteiger partial charge in [0.2, 0.25) is 5.78 Å². The van der Waals surface area contributed by atoms with Gasteiger partial charge in [-0.05, 0) is 53.1 Å². The van der Waals surface area contributed by atoms with Crippen LogP contribution >= 0.6 is 0 Å². The summed E-state index contributed by atoms with van der Waals surface area (Å²) in [6, 6.07) is 23.7. The number of para-hydroxylation sites is 3. The number of aliphatic hydroxyl groups is 3. The van der Waals surface area contributed by atoms with Crippen LogP contribution in [0.15, 0.2) is 72.8 Å². The van der Waals surface area contributed by atoms with Gasteiger partial charge in [-0.2, -0.15) is 0 Å². The Morgan fingerprint density at radius 1 is 0.652 bits per heavy atom. The minimum atomic E-state index is -0.963.